The van der Waals surface area contributed by atoms with Gasteiger partial charge in [0.1, 0.15) is 11.5 Å². The molecule has 0 bridgehead atoms. The predicted molar refractivity (Wildman–Crippen MR) is 181 cm³/mol. The first-order valence-corrected chi connectivity index (χ1v) is 15.6. The zero-order valence-corrected chi connectivity index (χ0v) is 27.5. The molecule has 0 radical (unpaired) electrons. The van der Waals surface area contributed by atoms with Crippen LogP contribution in [0.1, 0.15) is 57.5 Å². The Morgan fingerprint density at radius 2 is 0.978 bits per heavy atom. The summed E-state index contributed by atoms with van der Waals surface area (Å²) in [6.45, 7) is 0. The lowest BCUT2D eigenvalue weighted by atomic mass is 10.2. The van der Waals surface area contributed by atoms with Crippen molar-refractivity contribution in [1.29, 1.82) is 0 Å². The van der Waals surface area contributed by atoms with Crippen LogP contribution < -0.4 is 20.3 Å². The van der Waals surface area contributed by atoms with Crippen molar-refractivity contribution in [2.75, 3.05) is 0 Å². The molecule has 0 aliphatic heterocycles. The van der Waals surface area contributed by atoms with Gasteiger partial charge in [0.25, 0.3) is 0 Å². The van der Waals surface area contributed by atoms with Gasteiger partial charge in [-0.2, -0.15) is 10.2 Å². The van der Waals surface area contributed by atoms with Gasteiger partial charge >= 0.3 is 11.9 Å². The third kappa shape index (κ3) is 10.9. The second-order valence-corrected chi connectivity index (χ2v) is 11.5. The molecular weight excluding hydrogens is 720 g/mol. The Kier molecular flexibility index (Phi) is 12.9. The molecule has 2 amide bonds. The first-order valence-electron chi connectivity index (χ1n) is 14.1. The third-order valence-corrected chi connectivity index (χ3v) is 7.20. The fourth-order valence-electron chi connectivity index (χ4n) is 3.92. The van der Waals surface area contributed by atoms with Crippen molar-refractivity contribution in [3.8, 4) is 11.5 Å². The highest BCUT2D eigenvalue weighted by Gasteiger charge is 2.13. The summed E-state index contributed by atoms with van der Waals surface area (Å²) in [7, 11) is 0. The number of carbonyl (C=O) groups excluding carboxylic acids is 4. The van der Waals surface area contributed by atoms with Gasteiger partial charge in [-0.25, -0.2) is 20.4 Å². The number of hydrazone groups is 2. The smallest absolute Gasteiger partial charge is 0.343 e. The van der Waals surface area contributed by atoms with Crippen molar-refractivity contribution >= 4 is 68.0 Å². The van der Waals surface area contributed by atoms with Gasteiger partial charge in [0.05, 0.1) is 23.6 Å². The molecular formula is C34H28Br2N4O6. The molecule has 234 valence electrons. The topological polar surface area (TPSA) is 136 Å². The van der Waals surface area contributed by atoms with Crippen LogP contribution in [0.4, 0.5) is 0 Å². The summed E-state index contributed by atoms with van der Waals surface area (Å²) in [5, 5.41) is 7.97. The molecule has 0 aliphatic rings. The summed E-state index contributed by atoms with van der Waals surface area (Å²) < 4.78 is 12.5. The molecule has 0 unspecified atom stereocenters. The van der Waals surface area contributed by atoms with Gasteiger partial charge in [0, 0.05) is 32.9 Å². The van der Waals surface area contributed by atoms with Crippen LogP contribution in [0, 0.1) is 0 Å². The van der Waals surface area contributed by atoms with Crippen LogP contribution in [0.25, 0.3) is 0 Å². The molecule has 0 heterocycles. The number of rotatable bonds is 13. The Labute approximate surface area is 282 Å². The lowest BCUT2D eigenvalue weighted by molar-refractivity contribution is -0.123. The minimum Gasteiger partial charge on any atom is -0.422 e. The number of amides is 2. The number of nitrogens with zero attached hydrogens (tertiary/aromatic N) is 2. The Bertz CT molecular complexity index is 1620. The minimum atomic E-state index is -0.515. The lowest BCUT2D eigenvalue weighted by Crippen LogP contribution is -2.19. The number of esters is 2. The van der Waals surface area contributed by atoms with Crippen molar-refractivity contribution in [2.45, 2.75) is 25.7 Å². The van der Waals surface area contributed by atoms with E-state index < -0.39 is 11.9 Å². The zero-order valence-electron chi connectivity index (χ0n) is 24.3. The van der Waals surface area contributed by atoms with Gasteiger partial charge < -0.3 is 9.47 Å². The summed E-state index contributed by atoms with van der Waals surface area (Å²) >= 11 is 6.76. The zero-order chi connectivity index (χ0) is 32.7. The highest BCUT2D eigenvalue weighted by atomic mass is 79.9. The van der Waals surface area contributed by atoms with E-state index in [9.17, 15) is 19.2 Å². The average molecular weight is 748 g/mol. The van der Waals surface area contributed by atoms with E-state index in [0.717, 1.165) is 8.95 Å². The second kappa shape index (κ2) is 17.5. The maximum atomic E-state index is 12.5. The fourth-order valence-corrected chi connectivity index (χ4v) is 4.68. The molecule has 0 atom stereocenters. The molecule has 12 heteroatoms. The molecule has 0 spiro atoms. The fraction of sp³-hybridized carbons (Fsp3) is 0.118. The Balaban J connectivity index is 1.19. The number of hydrogen-bond donors (Lipinski definition) is 2. The molecule has 0 aromatic heterocycles. The van der Waals surface area contributed by atoms with E-state index in [-0.39, 0.29) is 36.2 Å². The lowest BCUT2D eigenvalue weighted by Gasteiger charge is -2.08. The quantitative estimate of drug-likeness (QED) is 0.0507. The van der Waals surface area contributed by atoms with Gasteiger partial charge in [-0.3, -0.25) is 9.59 Å². The van der Waals surface area contributed by atoms with Crippen molar-refractivity contribution in [3.05, 3.63) is 128 Å². The van der Waals surface area contributed by atoms with Crippen molar-refractivity contribution in [1.82, 2.24) is 10.9 Å². The van der Waals surface area contributed by atoms with Gasteiger partial charge in [-0.1, -0.05) is 68.3 Å². The van der Waals surface area contributed by atoms with E-state index in [1.54, 1.807) is 97.1 Å². The molecule has 0 aliphatic carbocycles. The van der Waals surface area contributed by atoms with Crippen molar-refractivity contribution in [3.63, 3.8) is 0 Å². The molecule has 0 saturated carbocycles. The first-order chi connectivity index (χ1) is 22.3. The van der Waals surface area contributed by atoms with Crippen LogP contribution in [0.3, 0.4) is 0 Å². The number of carbonyl (C=O) groups is 4. The SMILES string of the molecule is O=C(CCCCC(=O)N/N=C/c1cc(Br)ccc1OC(=O)c1ccccc1)N/N=C/c1cc(Br)ccc1OC(=O)c1ccccc1. The van der Waals surface area contributed by atoms with E-state index in [0.29, 0.717) is 35.1 Å². The summed E-state index contributed by atoms with van der Waals surface area (Å²) in [6.07, 6.45) is 3.97. The summed E-state index contributed by atoms with van der Waals surface area (Å²) in [6, 6.07) is 27.3. The number of hydrogen-bond acceptors (Lipinski definition) is 8. The number of nitrogens with one attached hydrogen (secondary N) is 2. The Morgan fingerprint density at radius 1 is 0.587 bits per heavy atom. The van der Waals surface area contributed by atoms with Gasteiger partial charge in [0.2, 0.25) is 11.8 Å². The minimum absolute atomic E-state index is 0.149. The van der Waals surface area contributed by atoms with Gasteiger partial charge in [-0.05, 0) is 73.5 Å². The summed E-state index contributed by atoms with van der Waals surface area (Å²) in [5.74, 6) is -1.13. The van der Waals surface area contributed by atoms with E-state index >= 15 is 0 Å². The summed E-state index contributed by atoms with van der Waals surface area (Å²) in [4.78, 5) is 49.4. The molecule has 46 heavy (non-hydrogen) atoms. The van der Waals surface area contributed by atoms with Crippen LogP contribution >= 0.6 is 31.9 Å². The maximum Gasteiger partial charge on any atom is 0.343 e. The number of unbranched alkanes of at least 4 members (excludes halogenated alkanes) is 1. The standard InChI is InChI=1S/C34H28Br2N4O6/c35-27-15-17-29(45-33(43)23-9-3-1-4-10-23)25(19-27)21-37-39-31(41)13-7-8-14-32(42)40-38-22-26-20-28(36)16-18-30(26)46-34(44)24-11-5-2-6-12-24/h1-6,9-12,15-22H,7-8,13-14H2,(H,39,41)(H,40,42)/b37-21+,38-22+. The largest absolute Gasteiger partial charge is 0.422 e. The normalized spacial score (nSPS) is 10.9. The average Bonchev–Trinajstić information content (AvgIpc) is 3.06. The molecule has 4 rings (SSSR count). The second-order valence-electron chi connectivity index (χ2n) is 9.67. The highest BCUT2D eigenvalue weighted by Crippen LogP contribution is 2.24. The van der Waals surface area contributed by atoms with Crippen molar-refractivity contribution < 1.29 is 28.7 Å². The molecule has 4 aromatic rings. The number of halogens is 2. The van der Waals surface area contributed by atoms with Gasteiger partial charge in [0.15, 0.2) is 0 Å². The van der Waals surface area contributed by atoms with Crippen LogP contribution in [-0.2, 0) is 9.59 Å². The van der Waals surface area contributed by atoms with Crippen molar-refractivity contribution in [2.24, 2.45) is 10.2 Å². The number of benzene rings is 4. The first kappa shape index (κ1) is 33.9. The molecule has 4 aromatic carbocycles. The van der Waals surface area contributed by atoms with E-state index in [1.807, 2.05) is 0 Å². The molecule has 2 N–H and O–H groups in total. The third-order valence-electron chi connectivity index (χ3n) is 6.21. The molecule has 0 fully saturated rings. The van der Waals surface area contributed by atoms with Crippen LogP contribution in [0.5, 0.6) is 11.5 Å². The number of ether oxygens (including phenoxy) is 2. The van der Waals surface area contributed by atoms with E-state index in [2.05, 4.69) is 52.9 Å². The summed E-state index contributed by atoms with van der Waals surface area (Å²) in [5.41, 5.74) is 6.68. The Morgan fingerprint density at radius 3 is 1.37 bits per heavy atom. The van der Waals surface area contributed by atoms with Gasteiger partial charge in [-0.15, -0.1) is 0 Å². The maximum absolute atomic E-state index is 12.5. The van der Waals surface area contributed by atoms with E-state index in [4.69, 9.17) is 9.47 Å². The van der Waals surface area contributed by atoms with Crippen LogP contribution in [0.2, 0.25) is 0 Å². The van der Waals surface area contributed by atoms with Crippen LogP contribution in [0.15, 0.2) is 116 Å². The highest BCUT2D eigenvalue weighted by molar-refractivity contribution is 9.10. The monoisotopic (exact) mass is 746 g/mol. The van der Waals surface area contributed by atoms with Crippen LogP contribution in [-0.4, -0.2) is 36.2 Å². The van der Waals surface area contributed by atoms with E-state index in [1.165, 1.54) is 12.4 Å². The predicted octanol–water partition coefficient (Wildman–Crippen LogP) is 6.81. The molecule has 10 nitrogen and oxygen atoms in total. The Hall–Kier alpha value is -4.94. The molecule has 0 saturated heterocycles.